The van der Waals surface area contributed by atoms with Gasteiger partial charge in [0, 0.05) is 24.3 Å². The molecule has 1 aromatic carbocycles. The van der Waals surface area contributed by atoms with E-state index in [9.17, 15) is 14.0 Å². The van der Waals surface area contributed by atoms with Gasteiger partial charge in [0.15, 0.2) is 0 Å². The molecule has 0 fully saturated rings. The highest BCUT2D eigenvalue weighted by Crippen LogP contribution is 2.13. The molecule has 7 nitrogen and oxygen atoms in total. The fourth-order valence-corrected chi connectivity index (χ4v) is 2.09. The van der Waals surface area contributed by atoms with Crippen LogP contribution >= 0.6 is 0 Å². The van der Waals surface area contributed by atoms with Crippen LogP contribution in [0.5, 0.6) is 0 Å². The van der Waals surface area contributed by atoms with Crippen LogP contribution < -0.4 is 10.6 Å². The predicted molar refractivity (Wildman–Crippen MR) is 102 cm³/mol. The van der Waals surface area contributed by atoms with Crippen LogP contribution in [0.4, 0.5) is 10.1 Å². The zero-order valence-corrected chi connectivity index (χ0v) is 15.4. The van der Waals surface area contributed by atoms with Gasteiger partial charge >= 0.3 is 11.9 Å². The molecule has 1 aromatic heterocycles. The van der Waals surface area contributed by atoms with Gasteiger partial charge in [-0.3, -0.25) is 4.98 Å². The van der Waals surface area contributed by atoms with Crippen molar-refractivity contribution in [2.24, 2.45) is 0 Å². The van der Waals surface area contributed by atoms with Gasteiger partial charge in [0.05, 0.1) is 19.4 Å². The standard InChI is InChI=1S/C20H20FN3O4/c1-3-28-19(25)16(17-6-4-5-11-22-17)12-24-18(20(26)27-2)13-23-15-9-7-14(21)8-10-15/h4-13,23-24H,3H2,1-2H3/b16-12-,18-13-. The second-order valence-electron chi connectivity index (χ2n) is 5.34. The number of pyridine rings is 1. The summed E-state index contributed by atoms with van der Waals surface area (Å²) in [5, 5.41) is 5.59. The van der Waals surface area contributed by atoms with Gasteiger partial charge in [0.2, 0.25) is 0 Å². The van der Waals surface area contributed by atoms with Crippen molar-refractivity contribution in [3.63, 3.8) is 0 Å². The largest absolute Gasteiger partial charge is 0.464 e. The first-order valence-corrected chi connectivity index (χ1v) is 8.41. The van der Waals surface area contributed by atoms with Crippen molar-refractivity contribution in [1.29, 1.82) is 0 Å². The van der Waals surface area contributed by atoms with Gasteiger partial charge < -0.3 is 20.1 Å². The number of nitrogens with one attached hydrogen (secondary N) is 2. The lowest BCUT2D eigenvalue weighted by Crippen LogP contribution is -2.20. The molecular weight excluding hydrogens is 365 g/mol. The fourth-order valence-electron chi connectivity index (χ4n) is 2.09. The van der Waals surface area contributed by atoms with E-state index >= 15 is 0 Å². The second kappa shape index (κ2) is 10.5. The minimum Gasteiger partial charge on any atom is -0.464 e. The Morgan fingerprint density at radius 2 is 1.86 bits per heavy atom. The quantitative estimate of drug-likeness (QED) is 0.533. The molecule has 8 heteroatoms. The maximum absolute atomic E-state index is 13.0. The summed E-state index contributed by atoms with van der Waals surface area (Å²) in [6, 6.07) is 10.7. The molecule has 0 spiro atoms. The van der Waals surface area contributed by atoms with E-state index in [2.05, 4.69) is 15.6 Å². The lowest BCUT2D eigenvalue weighted by molar-refractivity contribution is -0.137. The average Bonchev–Trinajstić information content (AvgIpc) is 2.72. The molecule has 0 amide bonds. The van der Waals surface area contributed by atoms with Gasteiger partial charge in [-0.15, -0.1) is 0 Å². The van der Waals surface area contributed by atoms with Gasteiger partial charge in [-0.1, -0.05) is 6.07 Å². The molecule has 1 heterocycles. The molecule has 146 valence electrons. The zero-order chi connectivity index (χ0) is 20.4. The number of benzene rings is 1. The van der Waals surface area contributed by atoms with Crippen molar-refractivity contribution in [3.8, 4) is 0 Å². The zero-order valence-electron chi connectivity index (χ0n) is 15.4. The lowest BCUT2D eigenvalue weighted by Gasteiger charge is -2.10. The van der Waals surface area contributed by atoms with E-state index in [1.165, 1.54) is 50.0 Å². The number of methoxy groups -OCH3 is 1. The first-order chi connectivity index (χ1) is 13.5. The number of nitrogens with zero attached hydrogens (tertiary/aromatic N) is 1. The number of aromatic nitrogens is 1. The molecular formula is C20H20FN3O4. The van der Waals surface area contributed by atoms with Crippen molar-refractivity contribution in [3.05, 3.63) is 78.3 Å². The van der Waals surface area contributed by atoms with E-state index in [4.69, 9.17) is 9.47 Å². The number of halogens is 1. The molecule has 2 N–H and O–H groups in total. The van der Waals surface area contributed by atoms with Crippen LogP contribution in [0.25, 0.3) is 5.57 Å². The molecule has 0 bridgehead atoms. The lowest BCUT2D eigenvalue weighted by atomic mass is 10.2. The number of ether oxygens (including phenoxy) is 2. The van der Waals surface area contributed by atoms with E-state index in [-0.39, 0.29) is 23.7 Å². The van der Waals surface area contributed by atoms with Crippen molar-refractivity contribution in [1.82, 2.24) is 10.3 Å². The van der Waals surface area contributed by atoms with Gasteiger partial charge in [-0.2, -0.15) is 0 Å². The molecule has 0 saturated carbocycles. The van der Waals surface area contributed by atoms with Gasteiger partial charge in [-0.05, 0) is 43.3 Å². The Bertz CT molecular complexity index is 865. The van der Waals surface area contributed by atoms with Crippen LogP contribution in [-0.4, -0.2) is 30.6 Å². The van der Waals surface area contributed by atoms with Crippen molar-refractivity contribution >= 4 is 23.2 Å². The third-order valence-electron chi connectivity index (χ3n) is 3.44. The van der Waals surface area contributed by atoms with Crippen LogP contribution in [0.15, 0.2) is 66.8 Å². The third kappa shape index (κ3) is 5.94. The SMILES string of the molecule is CCOC(=O)/C(=C\N/C(=C\Nc1ccc(F)cc1)C(=O)OC)c1ccccn1. The summed E-state index contributed by atoms with van der Waals surface area (Å²) in [6.07, 6.45) is 4.20. The summed E-state index contributed by atoms with van der Waals surface area (Å²) in [6.45, 7) is 1.88. The van der Waals surface area contributed by atoms with E-state index in [1.807, 2.05) is 0 Å². The molecule has 0 saturated heterocycles. The highest BCUT2D eigenvalue weighted by atomic mass is 19.1. The minimum atomic E-state index is -0.671. The highest BCUT2D eigenvalue weighted by Gasteiger charge is 2.16. The molecule has 0 aliphatic carbocycles. The molecule has 0 atom stereocenters. The van der Waals surface area contributed by atoms with Crippen molar-refractivity contribution < 1.29 is 23.5 Å². The Balaban J connectivity index is 2.27. The minimum absolute atomic E-state index is 0.0181. The summed E-state index contributed by atoms with van der Waals surface area (Å²) in [7, 11) is 1.23. The molecule has 0 radical (unpaired) electrons. The summed E-state index contributed by atoms with van der Waals surface area (Å²) in [5.74, 6) is -1.64. The second-order valence-corrected chi connectivity index (χ2v) is 5.34. The van der Waals surface area contributed by atoms with Crippen LogP contribution in [-0.2, 0) is 19.1 Å². The van der Waals surface area contributed by atoms with Gasteiger partial charge in [-0.25, -0.2) is 14.0 Å². The van der Waals surface area contributed by atoms with Crippen LogP contribution in [0.3, 0.4) is 0 Å². The summed E-state index contributed by atoms with van der Waals surface area (Å²) in [4.78, 5) is 28.4. The Hall–Kier alpha value is -3.68. The van der Waals surface area contributed by atoms with Gasteiger partial charge in [0.1, 0.15) is 17.1 Å². The van der Waals surface area contributed by atoms with E-state index in [0.29, 0.717) is 11.4 Å². The van der Waals surface area contributed by atoms with Crippen molar-refractivity contribution in [2.45, 2.75) is 6.92 Å². The molecule has 2 rings (SSSR count). The van der Waals surface area contributed by atoms with E-state index in [0.717, 1.165) is 0 Å². The number of esters is 2. The fraction of sp³-hybridized carbons (Fsp3) is 0.150. The molecule has 0 unspecified atom stereocenters. The molecule has 28 heavy (non-hydrogen) atoms. The summed E-state index contributed by atoms with van der Waals surface area (Å²) in [5.41, 5.74) is 1.09. The number of carbonyl (C=O) groups is 2. The Morgan fingerprint density at radius 3 is 2.46 bits per heavy atom. The third-order valence-corrected chi connectivity index (χ3v) is 3.44. The van der Waals surface area contributed by atoms with Crippen LogP contribution in [0.1, 0.15) is 12.6 Å². The van der Waals surface area contributed by atoms with E-state index < -0.39 is 11.9 Å². The normalized spacial score (nSPS) is 11.5. The Morgan fingerprint density at radius 1 is 1.11 bits per heavy atom. The van der Waals surface area contributed by atoms with Crippen LogP contribution in [0.2, 0.25) is 0 Å². The van der Waals surface area contributed by atoms with E-state index in [1.54, 1.807) is 25.1 Å². The number of hydrogen-bond donors (Lipinski definition) is 2. The molecule has 0 aliphatic heterocycles. The maximum atomic E-state index is 13.0. The Labute approximate surface area is 161 Å². The topological polar surface area (TPSA) is 89.6 Å². The maximum Gasteiger partial charge on any atom is 0.355 e. The number of hydrogen-bond acceptors (Lipinski definition) is 7. The molecule has 2 aromatic rings. The van der Waals surface area contributed by atoms with Crippen LogP contribution in [0, 0.1) is 5.82 Å². The summed E-state index contributed by atoms with van der Waals surface area (Å²) < 4.78 is 22.8. The number of carbonyl (C=O) groups excluding carboxylic acids is 2. The number of anilines is 1. The van der Waals surface area contributed by atoms with Gasteiger partial charge in [0.25, 0.3) is 0 Å². The Kier molecular flexibility index (Phi) is 7.71. The monoisotopic (exact) mass is 385 g/mol. The average molecular weight is 385 g/mol. The predicted octanol–water partition coefficient (Wildman–Crippen LogP) is 2.84. The highest BCUT2D eigenvalue weighted by molar-refractivity contribution is 6.15. The summed E-state index contributed by atoms with van der Waals surface area (Å²) >= 11 is 0. The first kappa shape index (κ1) is 20.6. The smallest absolute Gasteiger partial charge is 0.355 e. The molecule has 0 aliphatic rings. The number of rotatable bonds is 8. The van der Waals surface area contributed by atoms with Crippen molar-refractivity contribution in [2.75, 3.05) is 19.0 Å². The first-order valence-electron chi connectivity index (χ1n) is 8.41.